The molecule has 5 heterocycles. The van der Waals surface area contributed by atoms with E-state index in [0.717, 1.165) is 77.9 Å². The van der Waals surface area contributed by atoms with Crippen molar-refractivity contribution in [2.24, 2.45) is 28.1 Å². The van der Waals surface area contributed by atoms with Gasteiger partial charge in [-0.15, -0.1) is 15.3 Å². The number of carbonyl (C=O) groups excluding carboxylic acids is 1. The Morgan fingerprint density at radius 1 is 0.868 bits per heavy atom. The fourth-order valence-electron chi connectivity index (χ4n) is 13.5. The van der Waals surface area contributed by atoms with E-state index in [2.05, 4.69) is 70.5 Å². The van der Waals surface area contributed by atoms with E-state index in [4.69, 9.17) is 39.1 Å². The Labute approximate surface area is 448 Å². The Kier molecular flexibility index (Phi) is 15.6. The van der Waals surface area contributed by atoms with Gasteiger partial charge in [0.1, 0.15) is 11.5 Å². The average Bonchev–Trinajstić information content (AvgIpc) is 3.88. The molecule has 6 aromatic rings. The number of aryl methyl sites for hydroxylation is 2. The number of likely N-dealkylation sites (N-methyl/N-ethyl adjacent to an activating group) is 1. The summed E-state index contributed by atoms with van der Waals surface area (Å²) in [5, 5.41) is 40.6. The number of carboxylic acids is 1. The van der Waals surface area contributed by atoms with Crippen LogP contribution in [-0.4, -0.2) is 146 Å². The lowest BCUT2D eigenvalue weighted by molar-refractivity contribution is -0.204. The molecule has 4 bridgehead atoms. The number of pyridine rings is 1. The number of unbranched alkanes of at least 4 members (excludes halogenated alkanes) is 2. The highest BCUT2D eigenvalue weighted by Gasteiger charge is 2.96. The molecule has 3 N–H and O–H groups in total. The molecule has 5 fully saturated rings. The number of para-hydroxylation sites is 1. The van der Waals surface area contributed by atoms with Crippen molar-refractivity contribution in [3.8, 4) is 11.1 Å². The van der Waals surface area contributed by atoms with Crippen molar-refractivity contribution in [2.75, 3.05) is 83.6 Å². The van der Waals surface area contributed by atoms with Gasteiger partial charge in [-0.1, -0.05) is 49.5 Å². The van der Waals surface area contributed by atoms with Crippen molar-refractivity contribution < 1.29 is 33.6 Å². The second-order valence-corrected chi connectivity index (χ2v) is 23.2. The Balaban J connectivity index is 0.801. The molecule has 0 spiro atoms. The van der Waals surface area contributed by atoms with Gasteiger partial charge in [-0.25, -0.2) is 14.8 Å². The summed E-state index contributed by atoms with van der Waals surface area (Å²) < 4.78 is 28.9. The number of nitrogens with zero attached hydrogens (tertiary/aromatic N) is 11. The smallest absolute Gasteiger partial charge is 0.355 e. The first-order chi connectivity index (χ1) is 36.7. The molecule has 20 nitrogen and oxygen atoms in total. The van der Waals surface area contributed by atoms with Crippen molar-refractivity contribution in [2.45, 2.75) is 105 Å². The Morgan fingerprint density at radius 3 is 2.45 bits per heavy atom. The summed E-state index contributed by atoms with van der Waals surface area (Å²) in [6.07, 6.45) is 10.1. The molecule has 11 rings (SSSR count). The molecule has 5 aromatic heterocycles. The number of benzene rings is 1. The van der Waals surface area contributed by atoms with Crippen molar-refractivity contribution in [3.05, 3.63) is 77.5 Å². The van der Waals surface area contributed by atoms with Crippen LogP contribution in [0.4, 0.5) is 22.6 Å². The zero-order valence-corrected chi connectivity index (χ0v) is 45.8. The maximum Gasteiger partial charge on any atom is 0.355 e. The van der Waals surface area contributed by atoms with Crippen molar-refractivity contribution in [1.29, 1.82) is 0 Å². The van der Waals surface area contributed by atoms with Crippen LogP contribution in [0.15, 0.2) is 54.9 Å². The number of aromatic nitrogens is 9. The van der Waals surface area contributed by atoms with Crippen molar-refractivity contribution >= 4 is 56.0 Å². The number of amides is 1. The minimum absolute atomic E-state index is 0.00461. The van der Waals surface area contributed by atoms with Crippen molar-refractivity contribution in [3.63, 3.8) is 0 Å². The van der Waals surface area contributed by atoms with Gasteiger partial charge in [0.15, 0.2) is 22.5 Å². The molecule has 21 heteroatoms. The van der Waals surface area contributed by atoms with Gasteiger partial charge < -0.3 is 44.5 Å². The van der Waals surface area contributed by atoms with E-state index in [9.17, 15) is 14.7 Å². The maximum absolute atomic E-state index is 13.3. The van der Waals surface area contributed by atoms with E-state index in [1.807, 2.05) is 78.3 Å². The Bertz CT molecular complexity index is 3000. The van der Waals surface area contributed by atoms with Gasteiger partial charge in [-0.05, 0) is 125 Å². The fraction of sp³-hybridized carbons (Fsp3) is 0.582. The van der Waals surface area contributed by atoms with Crippen molar-refractivity contribution in [1.82, 2.24) is 55.2 Å². The summed E-state index contributed by atoms with van der Waals surface area (Å²) in [7, 11) is 4.19. The molecule has 6 atom stereocenters. The van der Waals surface area contributed by atoms with Gasteiger partial charge in [0, 0.05) is 61.4 Å². The molecule has 5 aliphatic carbocycles. The molecule has 76 heavy (non-hydrogen) atoms. The van der Waals surface area contributed by atoms with Crippen LogP contribution in [0.25, 0.3) is 21.3 Å². The van der Waals surface area contributed by atoms with Gasteiger partial charge in [0.25, 0.3) is 0 Å². The van der Waals surface area contributed by atoms with E-state index in [-0.39, 0.29) is 28.0 Å². The standard InChI is InChI=1S/C55H73N13O7S/c1-8-45(69)56-18-22-72-24-25-73-26-27-74-31-38-30-66(64-61-38)19-12-9-13-20-67(44-28-36(2)49(63-62-44)60-51-58-41-14-10-11-15-42(41)76-51)43-17-16-39(46(59-43)50(70)71)40-29-57-68(37(40)3)35-54-33-52(4)32-53(5)47(54)48(53)55(54,34-52)75-23-21-65(6)7/h10-11,14-17,28-30,47-48H,8-9,12-13,18-27,31-35H2,1-7H3,(H,56,69)(H,70,71)(H,58,60,63)/t47?,48?,52-,53+,54+,55?/m1/s1. The van der Waals surface area contributed by atoms with Gasteiger partial charge in [-0.3, -0.25) is 14.2 Å². The molecule has 5 aliphatic rings. The Hall–Kier alpha value is -5.97. The van der Waals surface area contributed by atoms with E-state index in [1.165, 1.54) is 6.42 Å². The summed E-state index contributed by atoms with van der Waals surface area (Å²) in [4.78, 5) is 38.4. The van der Waals surface area contributed by atoms with Gasteiger partial charge in [0.05, 0.1) is 74.5 Å². The number of nitrogens with one attached hydrogen (secondary N) is 2. The summed E-state index contributed by atoms with van der Waals surface area (Å²) in [6.45, 7) is 17.3. The monoisotopic (exact) mass is 1060 g/mol. The van der Waals surface area contributed by atoms with Crippen LogP contribution < -0.4 is 15.5 Å². The predicted molar refractivity (Wildman–Crippen MR) is 289 cm³/mol. The number of carboxylic acid groups (broad SMARTS) is 1. The third-order valence-electron chi connectivity index (χ3n) is 16.4. The lowest BCUT2D eigenvalue weighted by Crippen LogP contribution is -2.60. The zero-order chi connectivity index (χ0) is 53.2. The lowest BCUT2D eigenvalue weighted by atomic mass is 9.58. The number of thiazole rings is 1. The molecule has 0 aliphatic heterocycles. The van der Waals surface area contributed by atoms with Crippen LogP contribution in [0.5, 0.6) is 0 Å². The number of rotatable bonds is 30. The van der Waals surface area contributed by atoms with Gasteiger partial charge in [0.2, 0.25) is 5.91 Å². The normalized spacial score (nSPS) is 23.8. The third-order valence-corrected chi connectivity index (χ3v) is 17.4. The largest absolute Gasteiger partial charge is 0.476 e. The minimum Gasteiger partial charge on any atom is -0.476 e. The quantitative estimate of drug-likeness (QED) is 0.0365. The molecule has 0 radical (unpaired) electrons. The predicted octanol–water partition coefficient (Wildman–Crippen LogP) is 7.85. The Morgan fingerprint density at radius 2 is 1.67 bits per heavy atom. The van der Waals surface area contributed by atoms with Crippen LogP contribution in [0.2, 0.25) is 0 Å². The fourth-order valence-corrected chi connectivity index (χ4v) is 14.4. The maximum atomic E-state index is 13.3. The molecule has 1 amide bonds. The first kappa shape index (κ1) is 53.4. The molecule has 1 aromatic carbocycles. The van der Waals surface area contributed by atoms with Crippen LogP contribution in [0, 0.1) is 41.9 Å². The molecule has 406 valence electrons. The zero-order valence-electron chi connectivity index (χ0n) is 45.0. The van der Waals surface area contributed by atoms with E-state index < -0.39 is 5.97 Å². The first-order valence-corrected chi connectivity index (χ1v) is 27.7. The molecular formula is C55H73N13O7S. The highest BCUT2D eigenvalue weighted by Crippen LogP contribution is 2.96. The topological polar surface area (TPSA) is 222 Å². The summed E-state index contributed by atoms with van der Waals surface area (Å²) >= 11 is 1.54. The highest BCUT2D eigenvalue weighted by molar-refractivity contribution is 7.22. The number of anilines is 4. The molecule has 5 saturated carbocycles. The van der Waals surface area contributed by atoms with E-state index >= 15 is 0 Å². The number of ether oxygens (including phenoxy) is 4. The van der Waals surface area contributed by atoms with E-state index in [0.29, 0.717) is 118 Å². The lowest BCUT2D eigenvalue weighted by Gasteiger charge is -2.54. The SMILES string of the molecule is CCC(=O)NCCOCCOCCOCc1cn(CCCCCN(c2cc(C)c(Nc3nc4ccccc4s3)nn2)c2ccc(-c3cnn(C[C@]45C[C@]6(C)CC4(OCCN(C)C)C4C5[C@]4(C)C6)c3C)c(C(=O)O)n2)nn1. The molecule has 3 unspecified atom stereocenters. The number of aromatic carboxylic acids is 1. The van der Waals surface area contributed by atoms with Crippen LogP contribution >= 0.6 is 11.3 Å². The number of fused-ring (bicyclic) bond motifs is 1. The van der Waals surface area contributed by atoms with Gasteiger partial charge >= 0.3 is 5.97 Å². The summed E-state index contributed by atoms with van der Waals surface area (Å²) in [5.74, 6) is 1.68. The van der Waals surface area contributed by atoms with Crippen LogP contribution in [0.1, 0.15) is 93.2 Å². The number of carbonyl (C=O) groups is 2. The average molecular weight is 1060 g/mol. The second-order valence-electron chi connectivity index (χ2n) is 22.2. The summed E-state index contributed by atoms with van der Waals surface area (Å²) in [5.41, 5.74) is 5.02. The van der Waals surface area contributed by atoms with E-state index in [1.54, 1.807) is 11.3 Å². The number of hydrogen-bond acceptors (Lipinski definition) is 17. The van der Waals surface area contributed by atoms with Crippen LogP contribution in [0.3, 0.4) is 0 Å². The van der Waals surface area contributed by atoms with Crippen LogP contribution in [-0.2, 0) is 43.4 Å². The third kappa shape index (κ3) is 10.6. The second kappa shape index (κ2) is 22.2. The molecule has 0 saturated heterocycles. The highest BCUT2D eigenvalue weighted by atomic mass is 32.1. The summed E-state index contributed by atoms with van der Waals surface area (Å²) in [6, 6.07) is 13.7. The van der Waals surface area contributed by atoms with Gasteiger partial charge in [-0.2, -0.15) is 5.10 Å². The molecular weight excluding hydrogens is 987 g/mol. The minimum atomic E-state index is -1.12. The number of hydrogen-bond donors (Lipinski definition) is 3. The first-order valence-electron chi connectivity index (χ1n) is 26.9.